The summed E-state index contributed by atoms with van der Waals surface area (Å²) in [4.78, 5) is 42.7. The van der Waals surface area contributed by atoms with E-state index in [1.54, 1.807) is 0 Å². The number of carboxylic acids is 1. The molecule has 0 saturated carbocycles. The van der Waals surface area contributed by atoms with Gasteiger partial charge in [0, 0.05) is 17.0 Å². The number of aliphatic hydroxyl groups is 3. The van der Waals surface area contributed by atoms with Crippen molar-refractivity contribution in [1.29, 1.82) is 0 Å². The summed E-state index contributed by atoms with van der Waals surface area (Å²) in [7, 11) is 1.76. The van der Waals surface area contributed by atoms with Gasteiger partial charge < -0.3 is 30.5 Å². The zero-order valence-corrected chi connectivity index (χ0v) is 19.9. The average Bonchev–Trinajstić information content (AvgIpc) is 2.85. The van der Waals surface area contributed by atoms with Crippen LogP contribution in [0.15, 0.2) is 41.3 Å². The number of aromatic carboxylic acids is 1. The van der Waals surface area contributed by atoms with Gasteiger partial charge in [0.2, 0.25) is 0 Å². The van der Waals surface area contributed by atoms with E-state index in [4.69, 9.17) is 4.74 Å². The Morgan fingerprint density at radius 2 is 1.65 bits per heavy atom. The van der Waals surface area contributed by atoms with Gasteiger partial charge in [0.1, 0.15) is 35.0 Å². The topological polar surface area (TPSA) is 249 Å². The van der Waals surface area contributed by atoms with E-state index < -0.39 is 79.8 Å². The van der Waals surface area contributed by atoms with Crippen LogP contribution in [0.4, 0.5) is 22.7 Å². The smallest absolute Gasteiger partial charge is 0.342 e. The van der Waals surface area contributed by atoms with Gasteiger partial charge in [0.05, 0.1) is 33.5 Å². The molecule has 3 rings (SSSR count). The maximum absolute atomic E-state index is 11.5. The SMILES string of the molecule is O=C(O)c1cc(SS[C@H]2O[C@H](CO)[C@@H](O)[C@H](O)[C@H]2Nc2ccc([N+](=O)[O-])cc2[N+](=O)[O-])ccc1[N+](=O)[O-]. The van der Waals surface area contributed by atoms with E-state index in [0.29, 0.717) is 6.07 Å². The second kappa shape index (κ2) is 11.7. The molecule has 2 aromatic rings. The zero-order chi connectivity index (χ0) is 27.4. The highest BCUT2D eigenvalue weighted by Crippen LogP contribution is 2.42. The first kappa shape index (κ1) is 28.0. The highest BCUT2D eigenvalue weighted by Gasteiger charge is 2.45. The predicted octanol–water partition coefficient (Wildman–Crippen LogP) is 1.77. The van der Waals surface area contributed by atoms with E-state index in [2.05, 4.69) is 5.32 Å². The minimum atomic E-state index is -1.63. The van der Waals surface area contributed by atoms with Crippen LogP contribution in [0.1, 0.15) is 10.4 Å². The number of nitro benzene ring substituents is 3. The van der Waals surface area contributed by atoms with Gasteiger partial charge in [0.25, 0.3) is 17.1 Å². The van der Waals surface area contributed by atoms with Gasteiger partial charge in [-0.3, -0.25) is 30.3 Å². The van der Waals surface area contributed by atoms with Crippen molar-refractivity contribution in [3.63, 3.8) is 0 Å². The maximum Gasteiger partial charge on any atom is 0.342 e. The molecule has 16 nitrogen and oxygen atoms in total. The van der Waals surface area contributed by atoms with E-state index >= 15 is 0 Å². The lowest BCUT2D eigenvalue weighted by molar-refractivity contribution is -0.393. The number of benzene rings is 2. The highest BCUT2D eigenvalue weighted by atomic mass is 33.1. The molecule has 18 heteroatoms. The van der Waals surface area contributed by atoms with Crippen LogP contribution in [-0.4, -0.2) is 77.6 Å². The van der Waals surface area contributed by atoms with Crippen molar-refractivity contribution >= 4 is 50.3 Å². The van der Waals surface area contributed by atoms with E-state index in [0.717, 1.165) is 45.9 Å². The average molecular weight is 559 g/mol. The number of carbonyl (C=O) groups is 1. The van der Waals surface area contributed by atoms with Gasteiger partial charge in [-0.15, -0.1) is 0 Å². The lowest BCUT2D eigenvalue weighted by Gasteiger charge is -2.42. The molecule has 0 spiro atoms. The number of hydrogen-bond acceptors (Lipinski definition) is 14. The fraction of sp³-hybridized carbons (Fsp3) is 0.316. The number of aliphatic hydroxyl groups excluding tert-OH is 3. The molecular weight excluding hydrogens is 540 g/mol. The van der Waals surface area contributed by atoms with Gasteiger partial charge in [0.15, 0.2) is 0 Å². The van der Waals surface area contributed by atoms with Crippen molar-refractivity contribution < 1.29 is 44.7 Å². The number of hydrogen-bond donors (Lipinski definition) is 5. The summed E-state index contributed by atoms with van der Waals surface area (Å²) in [5.74, 6) is -1.53. The van der Waals surface area contributed by atoms with Crippen LogP contribution in [0.2, 0.25) is 0 Å². The second-order valence-corrected chi connectivity index (χ2v) is 9.89. The highest BCUT2D eigenvalue weighted by molar-refractivity contribution is 8.76. The van der Waals surface area contributed by atoms with Crippen LogP contribution < -0.4 is 5.32 Å². The molecular formula is C19H18N4O12S2. The molecule has 0 unspecified atom stereocenters. The quantitative estimate of drug-likeness (QED) is 0.158. The summed E-state index contributed by atoms with van der Waals surface area (Å²) < 4.78 is 5.64. The Morgan fingerprint density at radius 1 is 0.973 bits per heavy atom. The van der Waals surface area contributed by atoms with E-state index in [9.17, 15) is 55.6 Å². The standard InChI is InChI=1S/C19H18N4O12S2/c24-7-14-16(25)17(26)15(20-11-3-1-8(21(29)30)5-13(11)23(33)34)19(35-14)37-36-9-2-4-12(22(31)32)10(6-9)18(27)28/h1-6,14-17,19-20,24-26H,7H2,(H,27,28)/t14-,15-,16-,17-,19-/m1/s1. The van der Waals surface area contributed by atoms with Crippen molar-refractivity contribution in [2.45, 2.75) is 34.7 Å². The molecule has 0 bridgehead atoms. The maximum atomic E-state index is 11.5. The van der Waals surface area contributed by atoms with Crippen LogP contribution in [0.5, 0.6) is 0 Å². The Labute approximate surface area is 214 Å². The van der Waals surface area contributed by atoms with Gasteiger partial charge in [-0.1, -0.05) is 21.6 Å². The third kappa shape index (κ3) is 6.24. The predicted molar refractivity (Wildman–Crippen MR) is 128 cm³/mol. The molecule has 5 atom stereocenters. The zero-order valence-electron chi connectivity index (χ0n) is 18.3. The summed E-state index contributed by atoms with van der Waals surface area (Å²) in [5, 5.41) is 76.1. The van der Waals surface area contributed by atoms with E-state index in [1.807, 2.05) is 0 Å². The summed E-state index contributed by atoms with van der Waals surface area (Å²) in [6.45, 7) is -0.689. The minimum Gasteiger partial charge on any atom is -0.477 e. The van der Waals surface area contributed by atoms with Crippen LogP contribution in [-0.2, 0) is 4.74 Å². The Kier molecular flexibility index (Phi) is 8.84. The van der Waals surface area contributed by atoms with Crippen molar-refractivity contribution in [2.75, 3.05) is 11.9 Å². The van der Waals surface area contributed by atoms with E-state index in [-0.39, 0.29) is 10.6 Å². The minimum absolute atomic E-state index is 0.225. The molecule has 0 aliphatic carbocycles. The third-order valence-corrected chi connectivity index (χ3v) is 7.80. The van der Waals surface area contributed by atoms with Crippen LogP contribution in [0, 0.1) is 30.3 Å². The lowest BCUT2D eigenvalue weighted by atomic mass is 9.97. The number of rotatable bonds is 10. The molecule has 198 valence electrons. The number of nitro groups is 3. The molecule has 0 radical (unpaired) electrons. The fourth-order valence-corrected chi connectivity index (χ4v) is 5.86. The number of carboxylic acid groups (broad SMARTS) is 1. The molecule has 1 fully saturated rings. The number of nitrogens with zero attached hydrogens (tertiary/aromatic N) is 3. The normalized spacial score (nSPS) is 23.3. The Hall–Kier alpha value is -3.55. The summed E-state index contributed by atoms with van der Waals surface area (Å²) >= 11 is 0. The number of non-ortho nitro benzene ring substituents is 1. The number of anilines is 1. The molecule has 1 heterocycles. The first-order valence-corrected chi connectivity index (χ1v) is 12.3. The molecule has 1 aliphatic heterocycles. The van der Waals surface area contributed by atoms with Gasteiger partial charge in [-0.25, -0.2) is 4.79 Å². The fourth-order valence-electron chi connectivity index (χ4n) is 3.40. The van der Waals surface area contributed by atoms with Crippen molar-refractivity contribution in [2.24, 2.45) is 0 Å². The molecule has 1 aliphatic rings. The summed E-state index contributed by atoms with van der Waals surface area (Å²) in [6, 6.07) is 4.85. The van der Waals surface area contributed by atoms with Crippen LogP contribution >= 0.6 is 21.6 Å². The van der Waals surface area contributed by atoms with Crippen molar-refractivity contribution in [3.05, 3.63) is 72.3 Å². The molecule has 0 aromatic heterocycles. The molecule has 0 amide bonds. The first-order chi connectivity index (χ1) is 17.4. The Balaban J connectivity index is 1.90. The largest absolute Gasteiger partial charge is 0.477 e. The van der Waals surface area contributed by atoms with Gasteiger partial charge >= 0.3 is 5.97 Å². The molecule has 1 saturated heterocycles. The van der Waals surface area contributed by atoms with Crippen LogP contribution in [0.25, 0.3) is 0 Å². The van der Waals surface area contributed by atoms with Crippen molar-refractivity contribution in [3.8, 4) is 0 Å². The number of nitrogens with one attached hydrogen (secondary N) is 1. The Bertz CT molecular complexity index is 1230. The molecule has 37 heavy (non-hydrogen) atoms. The number of ether oxygens (including phenoxy) is 1. The Morgan fingerprint density at radius 3 is 2.22 bits per heavy atom. The third-order valence-electron chi connectivity index (χ3n) is 5.23. The molecule has 5 N–H and O–H groups in total. The van der Waals surface area contributed by atoms with Crippen molar-refractivity contribution in [1.82, 2.24) is 0 Å². The monoisotopic (exact) mass is 558 g/mol. The first-order valence-electron chi connectivity index (χ1n) is 10.1. The van der Waals surface area contributed by atoms with Crippen LogP contribution in [0.3, 0.4) is 0 Å². The van der Waals surface area contributed by atoms with Gasteiger partial charge in [-0.2, -0.15) is 0 Å². The van der Waals surface area contributed by atoms with Gasteiger partial charge in [-0.05, 0) is 18.2 Å². The molecule has 2 aromatic carbocycles. The summed E-state index contributed by atoms with van der Waals surface area (Å²) in [6.07, 6.45) is -4.49. The van der Waals surface area contributed by atoms with E-state index in [1.165, 1.54) is 6.07 Å². The second-order valence-electron chi connectivity index (χ2n) is 7.51. The summed E-state index contributed by atoms with van der Waals surface area (Å²) in [5.41, 5.74) is -3.78. The lowest BCUT2D eigenvalue weighted by Crippen LogP contribution is -2.60.